The van der Waals surface area contributed by atoms with Gasteiger partial charge in [0.1, 0.15) is 5.75 Å². The smallest absolute Gasteiger partial charge is 0.271 e. The van der Waals surface area contributed by atoms with Crippen LogP contribution in [0, 0.1) is 6.92 Å². The van der Waals surface area contributed by atoms with Gasteiger partial charge in [0.05, 0.1) is 12.8 Å². The van der Waals surface area contributed by atoms with E-state index in [1.807, 2.05) is 43.3 Å². The maximum absolute atomic E-state index is 12.0. The number of aryl methyl sites for hydroxylation is 1. The van der Waals surface area contributed by atoms with Crippen LogP contribution in [0.4, 0.5) is 0 Å². The van der Waals surface area contributed by atoms with E-state index in [1.165, 1.54) is 32.1 Å². The number of amides is 1. The van der Waals surface area contributed by atoms with Gasteiger partial charge in [0.2, 0.25) is 0 Å². The maximum Gasteiger partial charge on any atom is 0.271 e. The average Bonchev–Trinajstić information content (AvgIpc) is 2.69. The molecule has 2 aromatic rings. The minimum atomic E-state index is -0.217. The molecule has 0 aliphatic carbocycles. The molecule has 2 aromatic carbocycles. The summed E-state index contributed by atoms with van der Waals surface area (Å²) < 4.78 is 5.76. The topological polar surface area (TPSA) is 50.7 Å². The summed E-state index contributed by atoms with van der Waals surface area (Å²) in [5, 5.41) is 4.02. The summed E-state index contributed by atoms with van der Waals surface area (Å²) in [7, 11) is 0. The molecule has 0 spiro atoms. The molecule has 0 heterocycles. The van der Waals surface area contributed by atoms with Crippen LogP contribution in [0.5, 0.6) is 5.75 Å². The van der Waals surface area contributed by atoms with Gasteiger partial charge in [-0.1, -0.05) is 56.7 Å². The first-order chi connectivity index (χ1) is 13.2. The predicted molar refractivity (Wildman–Crippen MR) is 112 cm³/mol. The summed E-state index contributed by atoms with van der Waals surface area (Å²) in [6.07, 6.45) is 9.18. The maximum atomic E-state index is 12.0. The van der Waals surface area contributed by atoms with Gasteiger partial charge in [-0.3, -0.25) is 4.79 Å². The number of carbonyl (C=O) groups is 1. The number of unbranched alkanes of at least 4 members (excludes halogenated alkanes) is 5. The van der Waals surface area contributed by atoms with Crippen LogP contribution in [0.2, 0.25) is 0 Å². The fourth-order valence-corrected chi connectivity index (χ4v) is 2.66. The number of hydrazone groups is 1. The zero-order chi connectivity index (χ0) is 19.3. The SMILES string of the molecule is CCCCCCCCOc1ccc(/C=N\NC(=O)c2ccc(C)cc2)cc1. The second-order valence-corrected chi connectivity index (χ2v) is 6.75. The Morgan fingerprint density at radius 1 is 0.963 bits per heavy atom. The van der Waals surface area contributed by atoms with E-state index in [4.69, 9.17) is 4.74 Å². The lowest BCUT2D eigenvalue weighted by atomic mass is 10.1. The predicted octanol–water partition coefficient (Wildman–Crippen LogP) is 5.50. The summed E-state index contributed by atoms with van der Waals surface area (Å²) in [4.78, 5) is 12.0. The van der Waals surface area contributed by atoms with Crippen molar-refractivity contribution in [2.24, 2.45) is 5.10 Å². The molecular formula is C23H30N2O2. The van der Waals surface area contributed by atoms with E-state index < -0.39 is 0 Å². The van der Waals surface area contributed by atoms with Crippen molar-refractivity contribution in [2.75, 3.05) is 6.61 Å². The third kappa shape index (κ3) is 8.07. The lowest BCUT2D eigenvalue weighted by Crippen LogP contribution is -2.17. The molecule has 0 aliphatic heterocycles. The van der Waals surface area contributed by atoms with Crippen molar-refractivity contribution in [1.29, 1.82) is 0 Å². The van der Waals surface area contributed by atoms with Crippen LogP contribution >= 0.6 is 0 Å². The Kier molecular flexibility index (Phi) is 9.11. The monoisotopic (exact) mass is 366 g/mol. The molecule has 0 saturated carbocycles. The number of ether oxygens (including phenoxy) is 1. The first-order valence-electron chi connectivity index (χ1n) is 9.82. The molecule has 0 aliphatic rings. The van der Waals surface area contributed by atoms with Crippen LogP contribution in [0.1, 0.15) is 66.9 Å². The molecule has 0 radical (unpaired) electrons. The van der Waals surface area contributed by atoms with E-state index in [-0.39, 0.29) is 5.91 Å². The Balaban J connectivity index is 1.69. The quantitative estimate of drug-likeness (QED) is 0.324. The van der Waals surface area contributed by atoms with Gasteiger partial charge in [0.25, 0.3) is 5.91 Å². The Morgan fingerprint density at radius 2 is 1.63 bits per heavy atom. The molecule has 4 nitrogen and oxygen atoms in total. The minimum Gasteiger partial charge on any atom is -0.494 e. The lowest BCUT2D eigenvalue weighted by molar-refractivity contribution is 0.0955. The lowest BCUT2D eigenvalue weighted by Gasteiger charge is -2.06. The zero-order valence-electron chi connectivity index (χ0n) is 16.4. The molecular weight excluding hydrogens is 336 g/mol. The van der Waals surface area contributed by atoms with Crippen molar-refractivity contribution in [3.63, 3.8) is 0 Å². The minimum absolute atomic E-state index is 0.217. The fraction of sp³-hybridized carbons (Fsp3) is 0.391. The number of nitrogens with zero attached hydrogens (tertiary/aromatic N) is 1. The first kappa shape index (κ1) is 20.7. The molecule has 0 atom stereocenters. The molecule has 1 N–H and O–H groups in total. The zero-order valence-corrected chi connectivity index (χ0v) is 16.4. The molecule has 0 unspecified atom stereocenters. The van der Waals surface area contributed by atoms with E-state index in [0.717, 1.165) is 29.9 Å². The van der Waals surface area contributed by atoms with Crippen molar-refractivity contribution >= 4 is 12.1 Å². The molecule has 0 aromatic heterocycles. The highest BCUT2D eigenvalue weighted by molar-refractivity contribution is 5.94. The normalized spacial score (nSPS) is 10.9. The number of hydrogen-bond acceptors (Lipinski definition) is 3. The van der Waals surface area contributed by atoms with E-state index >= 15 is 0 Å². The van der Waals surface area contributed by atoms with Gasteiger partial charge in [0, 0.05) is 5.56 Å². The summed E-state index contributed by atoms with van der Waals surface area (Å²) in [5.41, 5.74) is 5.16. The van der Waals surface area contributed by atoms with E-state index in [1.54, 1.807) is 18.3 Å². The fourth-order valence-electron chi connectivity index (χ4n) is 2.66. The molecule has 2 rings (SSSR count). The number of rotatable bonds is 11. The summed E-state index contributed by atoms with van der Waals surface area (Å²) in [6.45, 7) is 4.97. The van der Waals surface area contributed by atoms with Crippen LogP contribution in [-0.2, 0) is 0 Å². The van der Waals surface area contributed by atoms with Gasteiger partial charge in [-0.05, 0) is 55.3 Å². The molecule has 0 fully saturated rings. The Hall–Kier alpha value is -2.62. The third-order valence-electron chi connectivity index (χ3n) is 4.34. The van der Waals surface area contributed by atoms with Gasteiger partial charge in [0.15, 0.2) is 0 Å². The second kappa shape index (κ2) is 11.9. The Labute approximate surface area is 162 Å². The van der Waals surface area contributed by atoms with Gasteiger partial charge >= 0.3 is 0 Å². The van der Waals surface area contributed by atoms with Crippen molar-refractivity contribution in [3.8, 4) is 5.75 Å². The second-order valence-electron chi connectivity index (χ2n) is 6.75. The number of nitrogens with one attached hydrogen (secondary N) is 1. The molecule has 27 heavy (non-hydrogen) atoms. The Morgan fingerprint density at radius 3 is 2.33 bits per heavy atom. The summed E-state index contributed by atoms with van der Waals surface area (Å²) >= 11 is 0. The molecule has 1 amide bonds. The molecule has 0 bridgehead atoms. The van der Waals surface area contributed by atoms with E-state index in [9.17, 15) is 4.79 Å². The van der Waals surface area contributed by atoms with Gasteiger partial charge < -0.3 is 4.74 Å². The van der Waals surface area contributed by atoms with Crippen molar-refractivity contribution in [2.45, 2.75) is 52.4 Å². The van der Waals surface area contributed by atoms with Crippen LogP contribution in [0.15, 0.2) is 53.6 Å². The van der Waals surface area contributed by atoms with Crippen LogP contribution in [0.3, 0.4) is 0 Å². The number of hydrogen-bond donors (Lipinski definition) is 1. The van der Waals surface area contributed by atoms with Gasteiger partial charge in [-0.25, -0.2) is 5.43 Å². The number of carbonyl (C=O) groups excluding carboxylic acids is 1. The van der Waals surface area contributed by atoms with Crippen LogP contribution < -0.4 is 10.2 Å². The number of benzene rings is 2. The molecule has 0 saturated heterocycles. The highest BCUT2D eigenvalue weighted by atomic mass is 16.5. The first-order valence-corrected chi connectivity index (χ1v) is 9.82. The molecule has 144 valence electrons. The average molecular weight is 367 g/mol. The highest BCUT2D eigenvalue weighted by Gasteiger charge is 2.02. The largest absolute Gasteiger partial charge is 0.494 e. The summed E-state index contributed by atoms with van der Waals surface area (Å²) in [5.74, 6) is 0.648. The van der Waals surface area contributed by atoms with Gasteiger partial charge in [-0.2, -0.15) is 5.10 Å². The van der Waals surface area contributed by atoms with Crippen molar-refractivity contribution in [3.05, 3.63) is 65.2 Å². The molecule has 4 heteroatoms. The van der Waals surface area contributed by atoms with E-state index in [2.05, 4.69) is 17.5 Å². The van der Waals surface area contributed by atoms with Crippen molar-refractivity contribution < 1.29 is 9.53 Å². The van der Waals surface area contributed by atoms with E-state index in [0.29, 0.717) is 5.56 Å². The van der Waals surface area contributed by atoms with Crippen LogP contribution in [0.25, 0.3) is 0 Å². The highest BCUT2D eigenvalue weighted by Crippen LogP contribution is 2.12. The van der Waals surface area contributed by atoms with Crippen LogP contribution in [-0.4, -0.2) is 18.7 Å². The third-order valence-corrected chi connectivity index (χ3v) is 4.34. The summed E-state index contributed by atoms with van der Waals surface area (Å²) in [6, 6.07) is 15.1. The standard InChI is InChI=1S/C23H30N2O2/c1-3-4-5-6-7-8-17-27-22-15-11-20(12-16-22)18-24-25-23(26)21-13-9-19(2)10-14-21/h9-16,18H,3-8,17H2,1-2H3,(H,25,26)/b24-18-. The van der Waals surface area contributed by atoms with Gasteiger partial charge in [-0.15, -0.1) is 0 Å². The Bertz CT molecular complexity index is 706. The van der Waals surface area contributed by atoms with Crippen molar-refractivity contribution in [1.82, 2.24) is 5.43 Å².